The van der Waals surface area contributed by atoms with Gasteiger partial charge in [-0.2, -0.15) is 0 Å². The maximum atomic E-state index is 6.55. The van der Waals surface area contributed by atoms with E-state index >= 15 is 0 Å². The number of anilines is 9. The van der Waals surface area contributed by atoms with Gasteiger partial charge in [0.15, 0.2) is 0 Å². The minimum Gasteiger partial charge on any atom is -0.455 e. The van der Waals surface area contributed by atoms with Crippen LogP contribution in [0.15, 0.2) is 577 Å². The van der Waals surface area contributed by atoms with Gasteiger partial charge in [-0.3, -0.25) is 0 Å². The summed E-state index contributed by atoms with van der Waals surface area (Å²) in [4.78, 5) is 6.95. The van der Waals surface area contributed by atoms with Crippen molar-refractivity contribution in [2.75, 3.05) is 14.7 Å². The first kappa shape index (κ1) is 86.0. The molecule has 3 heterocycles. The molecule has 0 amide bonds. The van der Waals surface area contributed by atoms with Gasteiger partial charge in [0.2, 0.25) is 0 Å². The summed E-state index contributed by atoms with van der Waals surface area (Å²) in [7, 11) is 0. The van der Waals surface area contributed by atoms with E-state index in [1.54, 1.807) is 0 Å². The topological polar surface area (TPSA) is 49.1 Å². The van der Waals surface area contributed by atoms with Crippen LogP contribution in [-0.4, -0.2) is 0 Å². The third-order valence-corrected chi connectivity index (χ3v) is 27.0. The van der Waals surface area contributed by atoms with E-state index in [0.29, 0.717) is 0 Å². The molecule has 0 bridgehead atoms. The highest BCUT2D eigenvalue weighted by Gasteiger charge is 2.25. The van der Waals surface area contributed by atoms with Gasteiger partial charge in [0.1, 0.15) is 33.5 Å². The van der Waals surface area contributed by atoms with E-state index in [1.165, 1.54) is 88.7 Å². The zero-order valence-electron chi connectivity index (χ0n) is 77.8. The Labute approximate surface area is 825 Å². The highest BCUT2D eigenvalue weighted by atomic mass is 16.3. The molecule has 0 saturated carbocycles. The summed E-state index contributed by atoms with van der Waals surface area (Å²) < 4.78 is 19.6. The summed E-state index contributed by atoms with van der Waals surface area (Å²) in [5, 5.41) is 9.25. The van der Waals surface area contributed by atoms with Crippen molar-refractivity contribution < 1.29 is 13.3 Å². The first-order chi connectivity index (χ1) is 70.4. The van der Waals surface area contributed by atoms with Crippen LogP contribution in [0.3, 0.4) is 0 Å². The van der Waals surface area contributed by atoms with Crippen LogP contribution in [0.5, 0.6) is 0 Å². The lowest BCUT2D eigenvalue weighted by Gasteiger charge is -2.28. The molecule has 26 rings (SSSR count). The van der Waals surface area contributed by atoms with Gasteiger partial charge in [-0.25, -0.2) is 0 Å². The molecule has 6 heteroatoms. The van der Waals surface area contributed by atoms with Gasteiger partial charge in [-0.1, -0.05) is 400 Å². The molecule has 3 aromatic heterocycles. The average Bonchev–Trinajstić information content (AvgIpc) is 1.60. The fraction of sp³-hybridized carbons (Fsp3) is 0. The lowest BCUT2D eigenvalue weighted by atomic mass is 9.94. The standard InChI is InChI=1S/2C48H33NO.C40H27NO/c1-4-14-34(15-5-1)36-24-28-40(29-25-36)49(46-22-12-10-20-42(46)37-18-8-3-9-19-37)41-30-26-38(27-31-41)44-32-39(35-16-6-2-7-17-35)33-45-43-21-11-13-23-47(43)50-48(44)45;1-4-12-34(13-5-1)36-20-22-37(23-21-36)38-24-28-42(29-25-38)49(41-16-8-3-9-17-41)43-30-26-39(27-31-43)45-32-40(35-14-6-2-7-15-35)33-46-44-18-10-11-19-47(44)50-48(45)46;1-3-13-33(14-4-1)41(34-15-5-2-6-16-34)35-23-21-29(22-24-35)37-26-32(31-20-19-28-11-7-8-12-30(28)25-31)27-38-36-17-9-10-18-39(36)42-40(37)38/h2*1-33H;1-27H. The Balaban J connectivity index is 0.000000116. The molecule has 0 N–H and O–H groups in total. The zero-order valence-corrected chi connectivity index (χ0v) is 77.8. The van der Waals surface area contributed by atoms with Gasteiger partial charge < -0.3 is 28.0 Å². The van der Waals surface area contributed by atoms with E-state index in [1.807, 2.05) is 24.3 Å². The van der Waals surface area contributed by atoms with Gasteiger partial charge in [0, 0.05) is 100 Å². The molecule has 0 fully saturated rings. The average molecular weight is 1820 g/mol. The van der Waals surface area contributed by atoms with Gasteiger partial charge >= 0.3 is 0 Å². The predicted octanol–water partition coefficient (Wildman–Crippen LogP) is 39.0. The fourth-order valence-corrected chi connectivity index (χ4v) is 19.9. The molecule has 23 aromatic carbocycles. The summed E-state index contributed by atoms with van der Waals surface area (Å²) in [5.41, 5.74) is 38.5. The Morgan fingerprint density at radius 1 is 0.120 bits per heavy atom. The maximum absolute atomic E-state index is 6.55. The van der Waals surface area contributed by atoms with Crippen LogP contribution in [-0.2, 0) is 0 Å². The van der Waals surface area contributed by atoms with Crippen LogP contribution in [0.25, 0.3) is 188 Å². The molecule has 0 radical (unpaired) electrons. The third kappa shape index (κ3) is 17.4. The van der Waals surface area contributed by atoms with Crippen molar-refractivity contribution in [3.05, 3.63) is 564 Å². The minimum atomic E-state index is 0.897. The monoisotopic (exact) mass is 1820 g/mol. The molecule has 0 aliphatic carbocycles. The molecule has 0 unspecified atom stereocenters. The van der Waals surface area contributed by atoms with Crippen LogP contribution >= 0.6 is 0 Å². The molecule has 0 aliphatic heterocycles. The van der Waals surface area contributed by atoms with E-state index in [9.17, 15) is 0 Å². The predicted molar refractivity (Wildman–Crippen MR) is 597 cm³/mol. The van der Waals surface area contributed by atoms with Gasteiger partial charge in [-0.15, -0.1) is 0 Å². The summed E-state index contributed by atoms with van der Waals surface area (Å²) in [6.45, 7) is 0. The van der Waals surface area contributed by atoms with Crippen molar-refractivity contribution in [3.63, 3.8) is 0 Å². The number of hydrogen-bond donors (Lipinski definition) is 0. The molecule has 0 saturated heterocycles. The number of benzene rings is 23. The van der Waals surface area contributed by atoms with Crippen LogP contribution < -0.4 is 14.7 Å². The van der Waals surface area contributed by atoms with Crippen molar-refractivity contribution in [3.8, 4) is 111 Å². The smallest absolute Gasteiger partial charge is 0.143 e. The lowest BCUT2D eigenvalue weighted by Crippen LogP contribution is -2.11. The largest absolute Gasteiger partial charge is 0.455 e. The summed E-state index contributed by atoms with van der Waals surface area (Å²) in [6.07, 6.45) is 0. The fourth-order valence-electron chi connectivity index (χ4n) is 19.9. The molecular weight excluding hydrogens is 1720 g/mol. The summed E-state index contributed by atoms with van der Waals surface area (Å²) in [5.74, 6) is 0. The Bertz CT molecular complexity index is 8890. The van der Waals surface area contributed by atoms with Crippen molar-refractivity contribution in [2.45, 2.75) is 0 Å². The zero-order chi connectivity index (χ0) is 94.4. The summed E-state index contributed by atoms with van der Waals surface area (Å²) >= 11 is 0. The molecule has 0 aliphatic rings. The molecule has 0 spiro atoms. The SMILES string of the molecule is c1ccc(-c2ccc(-c3ccc(N(c4ccccc4)c4ccc(-c5cc(-c6ccccc6)cc6c5oc5ccccc56)cc4)cc3)cc2)cc1.c1ccc(-c2ccc(N(c3ccc(-c4cc(-c5ccccc5)cc5c4oc4ccccc45)cc3)c3ccccc3-c3ccccc3)cc2)cc1.c1ccc(N(c2ccccc2)c2ccc(-c3cc(-c4ccc5ccccc5c4)cc4c3oc3ccccc34)cc2)cc1. The number of hydrogen-bond acceptors (Lipinski definition) is 6. The van der Waals surface area contributed by atoms with Crippen molar-refractivity contribution in [2.24, 2.45) is 0 Å². The van der Waals surface area contributed by atoms with E-state index in [0.717, 1.165) is 150 Å². The van der Waals surface area contributed by atoms with Crippen molar-refractivity contribution in [1.29, 1.82) is 0 Å². The minimum absolute atomic E-state index is 0.897. The molecule has 670 valence electrons. The lowest BCUT2D eigenvalue weighted by molar-refractivity contribution is 0.669. The van der Waals surface area contributed by atoms with Crippen molar-refractivity contribution in [1.82, 2.24) is 0 Å². The van der Waals surface area contributed by atoms with Crippen LogP contribution in [0.4, 0.5) is 51.2 Å². The number of furan rings is 3. The van der Waals surface area contributed by atoms with E-state index in [2.05, 4.69) is 555 Å². The second kappa shape index (κ2) is 38.7. The van der Waals surface area contributed by atoms with Gasteiger partial charge in [-0.05, 0) is 264 Å². The van der Waals surface area contributed by atoms with Gasteiger partial charge in [0.05, 0.1) is 5.69 Å². The molecule has 26 aromatic rings. The van der Waals surface area contributed by atoms with Crippen molar-refractivity contribution >= 4 is 128 Å². The number of fused-ring (bicyclic) bond motifs is 10. The Hall–Kier alpha value is -18.9. The summed E-state index contributed by atoms with van der Waals surface area (Å²) in [6, 6.07) is 200. The third-order valence-electron chi connectivity index (χ3n) is 27.0. The Kier molecular flexibility index (Phi) is 23.4. The van der Waals surface area contributed by atoms with E-state index in [4.69, 9.17) is 13.3 Å². The Morgan fingerprint density at radius 2 is 0.345 bits per heavy atom. The van der Waals surface area contributed by atoms with Gasteiger partial charge in [0.25, 0.3) is 0 Å². The number of rotatable bonds is 19. The molecule has 6 nitrogen and oxygen atoms in total. The van der Waals surface area contributed by atoms with Crippen LogP contribution in [0.1, 0.15) is 0 Å². The number of para-hydroxylation sites is 7. The highest BCUT2D eigenvalue weighted by molar-refractivity contribution is 6.15. The quantitative estimate of drug-likeness (QED) is 0.0804. The molecular formula is C136H93N3O3. The highest BCUT2D eigenvalue weighted by Crippen LogP contribution is 2.49. The first-order valence-corrected chi connectivity index (χ1v) is 48.3. The van der Waals surface area contributed by atoms with E-state index in [-0.39, 0.29) is 0 Å². The van der Waals surface area contributed by atoms with Crippen LogP contribution in [0.2, 0.25) is 0 Å². The number of nitrogens with zero attached hydrogens (tertiary/aromatic N) is 3. The maximum Gasteiger partial charge on any atom is 0.143 e. The Morgan fingerprint density at radius 3 is 0.690 bits per heavy atom. The second-order valence-electron chi connectivity index (χ2n) is 35.7. The molecule has 142 heavy (non-hydrogen) atoms. The second-order valence-corrected chi connectivity index (χ2v) is 35.7. The van der Waals surface area contributed by atoms with Crippen LogP contribution in [0, 0.1) is 0 Å². The first-order valence-electron chi connectivity index (χ1n) is 48.3. The molecule has 0 atom stereocenters. The normalized spacial score (nSPS) is 11.2. The van der Waals surface area contributed by atoms with E-state index < -0.39 is 0 Å².